The number of esters is 1. The molecule has 1 aromatic heterocycles. The van der Waals surface area contributed by atoms with Crippen LogP contribution in [0.1, 0.15) is 34.1 Å². The number of carbonyl (C=O) groups is 2. The zero-order valence-electron chi connectivity index (χ0n) is 16.9. The summed E-state index contributed by atoms with van der Waals surface area (Å²) in [6.45, 7) is 1.62. The Morgan fingerprint density at radius 1 is 1.12 bits per heavy atom. The van der Waals surface area contributed by atoms with Crippen molar-refractivity contribution >= 4 is 28.4 Å². The van der Waals surface area contributed by atoms with Gasteiger partial charge in [-0.1, -0.05) is 24.3 Å². The van der Waals surface area contributed by atoms with Gasteiger partial charge in [0.1, 0.15) is 5.82 Å². The fourth-order valence-electron chi connectivity index (χ4n) is 3.85. The maximum absolute atomic E-state index is 14.4. The predicted octanol–water partition coefficient (Wildman–Crippen LogP) is 4.93. The normalized spacial score (nSPS) is 14.0. The van der Waals surface area contributed by atoms with Gasteiger partial charge >= 0.3 is 12.1 Å². The molecule has 1 N–H and O–H groups in total. The summed E-state index contributed by atoms with van der Waals surface area (Å²) < 4.78 is 59.9. The summed E-state index contributed by atoms with van der Waals surface area (Å²) in [5, 5.41) is 0.814. The van der Waals surface area contributed by atoms with E-state index in [-0.39, 0.29) is 25.1 Å². The van der Waals surface area contributed by atoms with Gasteiger partial charge in [-0.25, -0.2) is 9.18 Å². The number of halogens is 4. The SMILES string of the molecule is CCOC(=O)C1=CN(C(=O)c2c(F)cccc2C(F)(F)F)CCc2c1[nH]c1ccccc21. The molecule has 9 heteroatoms. The minimum Gasteiger partial charge on any atom is -0.462 e. The molecule has 2 heterocycles. The number of aromatic amines is 1. The molecule has 3 aromatic rings. The lowest BCUT2D eigenvalue weighted by Crippen LogP contribution is -2.31. The van der Waals surface area contributed by atoms with Crippen molar-refractivity contribution in [3.63, 3.8) is 0 Å². The number of carbonyl (C=O) groups excluding carboxylic acids is 2. The molecule has 2 aromatic carbocycles. The van der Waals surface area contributed by atoms with Crippen LogP contribution in [-0.4, -0.2) is 34.9 Å². The highest BCUT2D eigenvalue weighted by atomic mass is 19.4. The van der Waals surface area contributed by atoms with Crippen LogP contribution in [0.25, 0.3) is 16.5 Å². The summed E-state index contributed by atoms with van der Waals surface area (Å²) in [5.41, 5.74) is -0.573. The number of hydrogen-bond donors (Lipinski definition) is 1. The zero-order chi connectivity index (χ0) is 23.0. The molecule has 32 heavy (non-hydrogen) atoms. The smallest absolute Gasteiger partial charge is 0.417 e. The van der Waals surface area contributed by atoms with Gasteiger partial charge in [0.05, 0.1) is 29.0 Å². The fraction of sp³-hybridized carbons (Fsp3) is 0.217. The van der Waals surface area contributed by atoms with E-state index in [1.54, 1.807) is 6.92 Å². The number of alkyl halides is 3. The molecule has 0 aliphatic carbocycles. The molecule has 1 amide bonds. The number of para-hydroxylation sites is 1. The molecule has 1 aliphatic rings. The number of aromatic nitrogens is 1. The first-order chi connectivity index (χ1) is 15.2. The largest absolute Gasteiger partial charge is 0.462 e. The van der Waals surface area contributed by atoms with Crippen molar-refractivity contribution in [2.45, 2.75) is 19.5 Å². The maximum Gasteiger partial charge on any atom is 0.417 e. The molecule has 0 unspecified atom stereocenters. The van der Waals surface area contributed by atoms with Gasteiger partial charge in [0.15, 0.2) is 0 Å². The highest BCUT2D eigenvalue weighted by Crippen LogP contribution is 2.35. The van der Waals surface area contributed by atoms with Crippen molar-refractivity contribution in [2.24, 2.45) is 0 Å². The molecule has 0 atom stereocenters. The Hall–Kier alpha value is -3.62. The van der Waals surface area contributed by atoms with Crippen LogP contribution in [0.15, 0.2) is 48.7 Å². The molecule has 0 saturated carbocycles. The number of fused-ring (bicyclic) bond motifs is 3. The second-order valence-electron chi connectivity index (χ2n) is 7.20. The molecule has 0 spiro atoms. The van der Waals surface area contributed by atoms with Crippen molar-refractivity contribution in [3.05, 3.63) is 76.9 Å². The highest BCUT2D eigenvalue weighted by molar-refractivity contribution is 6.18. The van der Waals surface area contributed by atoms with E-state index in [2.05, 4.69) is 4.98 Å². The monoisotopic (exact) mass is 446 g/mol. The van der Waals surface area contributed by atoms with Crippen molar-refractivity contribution in [3.8, 4) is 0 Å². The average Bonchev–Trinajstić information content (AvgIpc) is 3.00. The van der Waals surface area contributed by atoms with E-state index in [0.717, 1.165) is 39.7 Å². The van der Waals surface area contributed by atoms with E-state index in [1.165, 1.54) is 0 Å². The molecule has 4 rings (SSSR count). The molecule has 5 nitrogen and oxygen atoms in total. The molecule has 0 radical (unpaired) electrons. The number of benzene rings is 2. The van der Waals surface area contributed by atoms with E-state index >= 15 is 0 Å². The lowest BCUT2D eigenvalue weighted by Gasteiger charge is -2.21. The van der Waals surface area contributed by atoms with Crippen molar-refractivity contribution < 1.29 is 31.9 Å². The third-order valence-corrected chi connectivity index (χ3v) is 5.26. The van der Waals surface area contributed by atoms with Gasteiger partial charge in [0.25, 0.3) is 5.91 Å². The Labute approximate surface area is 180 Å². The lowest BCUT2D eigenvalue weighted by atomic mass is 10.0. The van der Waals surface area contributed by atoms with E-state index in [4.69, 9.17) is 4.74 Å². The maximum atomic E-state index is 14.4. The first-order valence-electron chi connectivity index (χ1n) is 9.88. The van der Waals surface area contributed by atoms with Gasteiger partial charge in [-0.05, 0) is 37.1 Å². The fourth-order valence-corrected chi connectivity index (χ4v) is 3.85. The highest BCUT2D eigenvalue weighted by Gasteiger charge is 2.38. The van der Waals surface area contributed by atoms with Crippen LogP contribution in [0.3, 0.4) is 0 Å². The molecule has 1 aliphatic heterocycles. The topological polar surface area (TPSA) is 62.4 Å². The summed E-state index contributed by atoms with van der Waals surface area (Å²) in [4.78, 5) is 29.8. The van der Waals surface area contributed by atoms with Crippen molar-refractivity contribution in [1.82, 2.24) is 9.88 Å². The number of hydrogen-bond acceptors (Lipinski definition) is 3. The predicted molar refractivity (Wildman–Crippen MR) is 109 cm³/mol. The van der Waals surface area contributed by atoms with Crippen LogP contribution in [0.5, 0.6) is 0 Å². The van der Waals surface area contributed by atoms with Gasteiger partial charge < -0.3 is 14.6 Å². The first-order valence-corrected chi connectivity index (χ1v) is 9.88. The van der Waals surface area contributed by atoms with E-state index in [9.17, 15) is 27.2 Å². The van der Waals surface area contributed by atoms with Gasteiger partial charge in [0, 0.05) is 23.6 Å². The van der Waals surface area contributed by atoms with Crippen LogP contribution >= 0.6 is 0 Å². The Bertz CT molecular complexity index is 1240. The molecular formula is C23H18F4N2O3. The van der Waals surface area contributed by atoms with Crippen LogP contribution in [-0.2, 0) is 22.1 Å². The number of nitrogens with zero attached hydrogens (tertiary/aromatic N) is 1. The van der Waals surface area contributed by atoms with Crippen LogP contribution in [0, 0.1) is 5.82 Å². The van der Waals surface area contributed by atoms with E-state index in [0.29, 0.717) is 11.8 Å². The third-order valence-electron chi connectivity index (χ3n) is 5.26. The number of ether oxygens (including phenoxy) is 1. The average molecular weight is 446 g/mol. The molecule has 0 fully saturated rings. The Morgan fingerprint density at radius 2 is 1.88 bits per heavy atom. The van der Waals surface area contributed by atoms with Crippen LogP contribution in [0.4, 0.5) is 17.6 Å². The van der Waals surface area contributed by atoms with E-state index in [1.807, 2.05) is 24.3 Å². The standard InChI is InChI=1S/C23H18F4N2O3/c1-2-32-22(31)15-12-29(11-10-14-13-6-3-4-9-18(13)28-20(14)15)21(30)19-16(23(25,26)27)7-5-8-17(19)24/h3-9,12,28H,2,10-11H2,1H3. The third kappa shape index (κ3) is 3.74. The number of rotatable bonds is 3. The number of H-pyrrole nitrogens is 1. The molecular weight excluding hydrogens is 428 g/mol. The molecule has 166 valence electrons. The quantitative estimate of drug-likeness (QED) is 0.459. The Morgan fingerprint density at radius 3 is 2.59 bits per heavy atom. The first kappa shape index (κ1) is 21.6. The summed E-state index contributed by atoms with van der Waals surface area (Å²) in [5.74, 6) is -3.22. The summed E-state index contributed by atoms with van der Waals surface area (Å²) in [6, 6.07) is 9.64. The van der Waals surface area contributed by atoms with Crippen LogP contribution in [0.2, 0.25) is 0 Å². The summed E-state index contributed by atoms with van der Waals surface area (Å²) >= 11 is 0. The Balaban J connectivity index is 1.84. The van der Waals surface area contributed by atoms with Gasteiger partial charge in [0.2, 0.25) is 0 Å². The van der Waals surface area contributed by atoms with Crippen molar-refractivity contribution in [2.75, 3.05) is 13.2 Å². The molecule has 0 bridgehead atoms. The van der Waals surface area contributed by atoms with Crippen molar-refractivity contribution in [1.29, 1.82) is 0 Å². The van der Waals surface area contributed by atoms with Gasteiger partial charge in [-0.2, -0.15) is 13.2 Å². The summed E-state index contributed by atoms with van der Waals surface area (Å²) in [7, 11) is 0. The minimum atomic E-state index is -4.92. The molecule has 0 saturated heterocycles. The zero-order valence-corrected chi connectivity index (χ0v) is 16.9. The van der Waals surface area contributed by atoms with Gasteiger partial charge in [-0.15, -0.1) is 0 Å². The lowest BCUT2D eigenvalue weighted by molar-refractivity contribution is -0.138. The minimum absolute atomic E-state index is 0.0196. The van der Waals surface area contributed by atoms with E-state index < -0.39 is 35.0 Å². The van der Waals surface area contributed by atoms with Gasteiger partial charge in [-0.3, -0.25) is 4.79 Å². The summed E-state index contributed by atoms with van der Waals surface area (Å²) in [6.07, 6.45) is -3.55. The second-order valence-corrected chi connectivity index (χ2v) is 7.20. The Kier molecular flexibility index (Phi) is 5.50. The number of nitrogens with one attached hydrogen (secondary N) is 1. The number of amides is 1. The van der Waals surface area contributed by atoms with Crippen LogP contribution < -0.4 is 0 Å². The second kappa shape index (κ2) is 8.14.